The van der Waals surface area contributed by atoms with Crippen molar-refractivity contribution >= 4 is 5.91 Å². The van der Waals surface area contributed by atoms with Crippen LogP contribution in [0.15, 0.2) is 48.5 Å². The number of benzene rings is 2. The monoisotopic (exact) mass is 352 g/mol. The lowest BCUT2D eigenvalue weighted by atomic mass is 10.0. The van der Waals surface area contributed by atoms with Crippen molar-refractivity contribution in [3.63, 3.8) is 0 Å². The molecular weight excluding hydrogens is 324 g/mol. The van der Waals surface area contributed by atoms with Gasteiger partial charge in [0.2, 0.25) is 0 Å². The van der Waals surface area contributed by atoms with E-state index in [2.05, 4.69) is 35.2 Å². The maximum absolute atomic E-state index is 12.2. The molecule has 1 saturated heterocycles. The zero-order valence-electron chi connectivity index (χ0n) is 15.9. The molecule has 26 heavy (non-hydrogen) atoms. The van der Waals surface area contributed by atoms with Crippen LogP contribution in [0.1, 0.15) is 47.3 Å². The van der Waals surface area contributed by atoms with Crippen molar-refractivity contribution in [2.45, 2.75) is 32.4 Å². The van der Waals surface area contributed by atoms with E-state index >= 15 is 0 Å². The standard InChI is InChI=1S/C22H28N2O2/c1-4-26-20-12-10-18(11-13-20)21-9-6-14-24(21)16-17-7-5-8-19(15-17)22(25)23(2)3/h5,7-8,10-13,15,21H,4,6,9,14,16H2,1-3H3. The number of amides is 1. The molecule has 1 aliphatic rings. The Labute approximate surface area is 156 Å². The molecule has 3 rings (SSSR count). The quantitative estimate of drug-likeness (QED) is 0.784. The van der Waals surface area contributed by atoms with Crippen molar-refractivity contribution < 1.29 is 9.53 Å². The second kappa shape index (κ2) is 8.37. The third-order valence-corrected chi connectivity index (χ3v) is 4.91. The summed E-state index contributed by atoms with van der Waals surface area (Å²) >= 11 is 0. The first-order chi connectivity index (χ1) is 12.6. The van der Waals surface area contributed by atoms with E-state index < -0.39 is 0 Å². The Morgan fingerprint density at radius 3 is 2.65 bits per heavy atom. The van der Waals surface area contributed by atoms with Gasteiger partial charge in [0.1, 0.15) is 5.75 Å². The van der Waals surface area contributed by atoms with Gasteiger partial charge in [0.15, 0.2) is 0 Å². The molecule has 0 aromatic heterocycles. The Kier molecular flexibility index (Phi) is 5.94. The number of hydrogen-bond donors (Lipinski definition) is 0. The van der Waals surface area contributed by atoms with Crippen LogP contribution >= 0.6 is 0 Å². The van der Waals surface area contributed by atoms with E-state index in [0.717, 1.165) is 24.4 Å². The molecule has 1 unspecified atom stereocenters. The summed E-state index contributed by atoms with van der Waals surface area (Å²) < 4.78 is 5.55. The molecule has 2 aromatic carbocycles. The second-order valence-electron chi connectivity index (χ2n) is 7.03. The molecule has 4 nitrogen and oxygen atoms in total. The Morgan fingerprint density at radius 2 is 1.96 bits per heavy atom. The first-order valence-corrected chi connectivity index (χ1v) is 9.36. The molecule has 0 saturated carbocycles. The van der Waals surface area contributed by atoms with Crippen LogP contribution in [0.25, 0.3) is 0 Å². The number of carbonyl (C=O) groups is 1. The lowest BCUT2D eigenvalue weighted by Crippen LogP contribution is -2.24. The molecule has 0 radical (unpaired) electrons. The lowest BCUT2D eigenvalue weighted by molar-refractivity contribution is 0.0827. The number of ether oxygens (including phenoxy) is 1. The summed E-state index contributed by atoms with van der Waals surface area (Å²) in [7, 11) is 3.58. The van der Waals surface area contributed by atoms with Gasteiger partial charge in [-0.3, -0.25) is 9.69 Å². The summed E-state index contributed by atoms with van der Waals surface area (Å²) in [6, 6.07) is 16.9. The van der Waals surface area contributed by atoms with Crippen LogP contribution in [-0.4, -0.2) is 43.0 Å². The topological polar surface area (TPSA) is 32.8 Å². The van der Waals surface area contributed by atoms with Gasteiger partial charge in [0, 0.05) is 32.2 Å². The highest BCUT2D eigenvalue weighted by molar-refractivity contribution is 5.94. The minimum Gasteiger partial charge on any atom is -0.494 e. The zero-order valence-corrected chi connectivity index (χ0v) is 15.9. The molecule has 4 heteroatoms. The molecule has 2 aromatic rings. The van der Waals surface area contributed by atoms with Gasteiger partial charge in [0.25, 0.3) is 5.91 Å². The number of likely N-dealkylation sites (tertiary alicyclic amines) is 1. The van der Waals surface area contributed by atoms with Crippen molar-refractivity contribution in [1.29, 1.82) is 0 Å². The summed E-state index contributed by atoms with van der Waals surface area (Å²) in [4.78, 5) is 16.3. The Morgan fingerprint density at radius 1 is 1.19 bits per heavy atom. The minimum absolute atomic E-state index is 0.0522. The zero-order chi connectivity index (χ0) is 18.5. The van der Waals surface area contributed by atoms with Gasteiger partial charge in [-0.1, -0.05) is 24.3 Å². The van der Waals surface area contributed by atoms with Gasteiger partial charge in [-0.25, -0.2) is 0 Å². The molecule has 138 valence electrons. The first-order valence-electron chi connectivity index (χ1n) is 9.36. The summed E-state index contributed by atoms with van der Waals surface area (Å²) in [5, 5.41) is 0. The third-order valence-electron chi connectivity index (χ3n) is 4.91. The summed E-state index contributed by atoms with van der Waals surface area (Å²) in [6.45, 7) is 4.65. The van der Waals surface area contributed by atoms with E-state index in [0.29, 0.717) is 12.6 Å². The van der Waals surface area contributed by atoms with Crippen LogP contribution in [-0.2, 0) is 6.54 Å². The van der Waals surface area contributed by atoms with Gasteiger partial charge in [-0.15, -0.1) is 0 Å². The molecular formula is C22H28N2O2. The van der Waals surface area contributed by atoms with Crippen LogP contribution in [0.4, 0.5) is 0 Å². The number of nitrogens with zero attached hydrogens (tertiary/aromatic N) is 2. The average molecular weight is 352 g/mol. The summed E-state index contributed by atoms with van der Waals surface area (Å²) in [5.74, 6) is 0.979. The van der Waals surface area contributed by atoms with Crippen molar-refractivity contribution in [2.24, 2.45) is 0 Å². The largest absolute Gasteiger partial charge is 0.494 e. The Hall–Kier alpha value is -2.33. The molecule has 0 bridgehead atoms. The predicted octanol–water partition coefficient (Wildman–Crippen LogP) is 4.12. The van der Waals surface area contributed by atoms with Gasteiger partial charge >= 0.3 is 0 Å². The van der Waals surface area contributed by atoms with Crippen LogP contribution in [0.2, 0.25) is 0 Å². The van der Waals surface area contributed by atoms with Crippen molar-refractivity contribution in [3.05, 3.63) is 65.2 Å². The molecule has 0 N–H and O–H groups in total. The molecule has 0 aliphatic carbocycles. The summed E-state index contributed by atoms with van der Waals surface area (Å²) in [6.07, 6.45) is 2.37. The number of hydrogen-bond acceptors (Lipinski definition) is 3. The summed E-state index contributed by atoms with van der Waals surface area (Å²) in [5.41, 5.74) is 3.28. The average Bonchev–Trinajstić information content (AvgIpc) is 3.10. The number of rotatable bonds is 6. The van der Waals surface area contributed by atoms with Crippen molar-refractivity contribution in [1.82, 2.24) is 9.80 Å². The lowest BCUT2D eigenvalue weighted by Gasteiger charge is -2.25. The van der Waals surface area contributed by atoms with Gasteiger partial charge in [-0.05, 0) is 61.7 Å². The van der Waals surface area contributed by atoms with E-state index in [9.17, 15) is 4.79 Å². The van der Waals surface area contributed by atoms with E-state index in [1.165, 1.54) is 24.0 Å². The van der Waals surface area contributed by atoms with E-state index in [1.54, 1.807) is 19.0 Å². The number of carbonyl (C=O) groups excluding carboxylic acids is 1. The van der Waals surface area contributed by atoms with Crippen LogP contribution in [0.5, 0.6) is 5.75 Å². The molecule has 1 aliphatic heterocycles. The molecule has 1 fully saturated rings. The molecule has 1 atom stereocenters. The molecule has 1 amide bonds. The third kappa shape index (κ3) is 4.25. The highest BCUT2D eigenvalue weighted by atomic mass is 16.5. The normalized spacial score (nSPS) is 17.3. The van der Waals surface area contributed by atoms with Crippen LogP contribution in [0, 0.1) is 0 Å². The molecule has 0 spiro atoms. The van der Waals surface area contributed by atoms with Gasteiger partial charge in [-0.2, -0.15) is 0 Å². The van der Waals surface area contributed by atoms with Crippen molar-refractivity contribution in [3.8, 4) is 5.75 Å². The predicted molar refractivity (Wildman–Crippen MR) is 104 cm³/mol. The van der Waals surface area contributed by atoms with Crippen molar-refractivity contribution in [2.75, 3.05) is 27.2 Å². The van der Waals surface area contributed by atoms with Crippen LogP contribution in [0.3, 0.4) is 0 Å². The Balaban J connectivity index is 1.73. The highest BCUT2D eigenvalue weighted by Gasteiger charge is 2.26. The van der Waals surface area contributed by atoms with Gasteiger partial charge < -0.3 is 9.64 Å². The molecule has 1 heterocycles. The fraction of sp³-hybridized carbons (Fsp3) is 0.409. The van der Waals surface area contributed by atoms with E-state index in [-0.39, 0.29) is 5.91 Å². The Bertz CT molecular complexity index is 740. The van der Waals surface area contributed by atoms with E-state index in [1.807, 2.05) is 25.1 Å². The highest BCUT2D eigenvalue weighted by Crippen LogP contribution is 2.34. The fourth-order valence-electron chi connectivity index (χ4n) is 3.64. The van der Waals surface area contributed by atoms with Gasteiger partial charge in [0.05, 0.1) is 6.61 Å². The first kappa shape index (κ1) is 18.5. The van der Waals surface area contributed by atoms with E-state index in [4.69, 9.17) is 4.74 Å². The fourth-order valence-corrected chi connectivity index (χ4v) is 3.64. The van der Waals surface area contributed by atoms with Crippen LogP contribution < -0.4 is 4.74 Å². The second-order valence-corrected chi connectivity index (χ2v) is 7.03. The minimum atomic E-state index is 0.0522. The smallest absolute Gasteiger partial charge is 0.253 e. The maximum Gasteiger partial charge on any atom is 0.253 e. The SMILES string of the molecule is CCOc1ccc(C2CCCN2Cc2cccc(C(=O)N(C)C)c2)cc1. The maximum atomic E-state index is 12.2.